The van der Waals surface area contributed by atoms with Crippen LogP contribution in [0.2, 0.25) is 0 Å². The van der Waals surface area contributed by atoms with Gasteiger partial charge in [-0.3, -0.25) is 19.9 Å². The zero-order valence-corrected chi connectivity index (χ0v) is 50.7. The molecule has 6 aromatic heterocycles. The van der Waals surface area contributed by atoms with E-state index >= 15 is 26.3 Å². The van der Waals surface area contributed by atoms with E-state index in [0.717, 1.165) is 28.3 Å². The summed E-state index contributed by atoms with van der Waals surface area (Å²) in [6.45, 7) is 0. The van der Waals surface area contributed by atoms with Gasteiger partial charge in [0, 0.05) is 102 Å². The van der Waals surface area contributed by atoms with Gasteiger partial charge < -0.3 is 9.13 Å². The maximum atomic E-state index is 16.6. The average molecular weight is 1260 g/mol. The van der Waals surface area contributed by atoms with Crippen LogP contribution in [0.15, 0.2) is 298 Å². The van der Waals surface area contributed by atoms with Crippen molar-refractivity contribution in [1.29, 1.82) is 5.26 Å². The number of aromatic nitrogens is 6. The molecule has 0 aliphatic rings. The van der Waals surface area contributed by atoms with Gasteiger partial charge in [0.1, 0.15) is 0 Å². The molecule has 0 amide bonds. The third-order valence-corrected chi connectivity index (χ3v) is 17.8. The van der Waals surface area contributed by atoms with Crippen molar-refractivity contribution in [3.05, 3.63) is 314 Å². The molecule has 10 aromatic carbocycles. The smallest absolute Gasteiger partial charge is 0.308 e. The number of pyridine rings is 4. The van der Waals surface area contributed by atoms with E-state index in [1.165, 1.54) is 12.1 Å². The van der Waals surface area contributed by atoms with Crippen molar-refractivity contribution in [1.82, 2.24) is 29.1 Å². The summed E-state index contributed by atoms with van der Waals surface area (Å²) in [6.07, 6.45) is -3.96. The molecule has 0 N–H and O–H groups in total. The lowest BCUT2D eigenvalue weighted by Crippen LogP contribution is -2.16. The second kappa shape index (κ2) is 23.5. The Labute approximate surface area is 546 Å². The minimum atomic E-state index is -5.37. The van der Waals surface area contributed by atoms with E-state index in [1.807, 2.05) is 243 Å². The van der Waals surface area contributed by atoms with Crippen LogP contribution < -0.4 is 0 Å². The van der Waals surface area contributed by atoms with E-state index in [4.69, 9.17) is 19.9 Å². The molecule has 0 fully saturated rings. The number of nitriles is 1. The topological polar surface area (TPSA) is 85.2 Å². The van der Waals surface area contributed by atoms with Gasteiger partial charge in [-0.2, -0.15) is 31.6 Å². The number of rotatable bonds is 11. The van der Waals surface area contributed by atoms with E-state index in [9.17, 15) is 5.26 Å². The van der Waals surface area contributed by atoms with Gasteiger partial charge >= 0.3 is 12.4 Å². The van der Waals surface area contributed by atoms with Crippen molar-refractivity contribution in [2.75, 3.05) is 0 Å². The summed E-state index contributed by atoms with van der Waals surface area (Å²) < 4.78 is 103. The van der Waals surface area contributed by atoms with Crippen molar-refractivity contribution in [3.63, 3.8) is 0 Å². The quantitative estimate of drug-likeness (QED) is 0.120. The fourth-order valence-corrected chi connectivity index (χ4v) is 13.7. The summed E-state index contributed by atoms with van der Waals surface area (Å²) in [6, 6.07) is 83.9. The summed E-state index contributed by atoms with van der Waals surface area (Å²) in [5, 5.41) is 14.1. The van der Waals surface area contributed by atoms with E-state index < -0.39 is 34.6 Å². The fraction of sp³-hybridized carbons (Fsp3) is 0.0241. The highest BCUT2D eigenvalue weighted by Crippen LogP contribution is 2.52. The molecule has 0 radical (unpaired) electrons. The number of hydrogen-bond acceptors (Lipinski definition) is 5. The summed E-state index contributed by atoms with van der Waals surface area (Å²) in [7, 11) is 0. The van der Waals surface area contributed by atoms with Crippen LogP contribution in [0.5, 0.6) is 0 Å². The van der Waals surface area contributed by atoms with Crippen LogP contribution >= 0.6 is 0 Å². The Kier molecular flexibility index (Phi) is 14.4. The lowest BCUT2D eigenvalue weighted by molar-refractivity contribution is -0.142. The number of benzene rings is 10. The number of nitrogens with zero attached hydrogens (tertiary/aromatic N) is 7. The van der Waals surface area contributed by atoms with Crippen molar-refractivity contribution < 1.29 is 26.3 Å². The van der Waals surface area contributed by atoms with Gasteiger partial charge in [-0.15, -0.1) is 0 Å². The maximum Gasteiger partial charge on any atom is 0.417 e. The molecule has 0 spiro atoms. The summed E-state index contributed by atoms with van der Waals surface area (Å²) in [5.41, 5.74) is 7.99. The first-order valence-electron chi connectivity index (χ1n) is 30.9. The number of hydrogen-bond donors (Lipinski definition) is 0. The van der Waals surface area contributed by atoms with Crippen molar-refractivity contribution >= 4 is 43.6 Å². The van der Waals surface area contributed by atoms with Gasteiger partial charge in [-0.05, 0) is 95.1 Å². The SMILES string of the molecule is N#Cc1cc(-n2c3cc(-c4cccnc4-c4ccccc4)ccc3c3ccc(-c4cccnc4-c4ccccc4)cc32)c(-c2c(C(F)(F)F)cccc2C(F)(F)F)c(-n2c3cc(-c4cccnc4-c4ccccc4)ccc3c3ccc(-c4cccnc4-c4ccccc4)cc32)c1. The molecule has 0 saturated carbocycles. The molecule has 0 saturated heterocycles. The molecule has 458 valence electrons. The molecule has 7 nitrogen and oxygen atoms in total. The second-order valence-electron chi connectivity index (χ2n) is 23.4. The van der Waals surface area contributed by atoms with Crippen LogP contribution in [-0.4, -0.2) is 29.1 Å². The summed E-state index contributed by atoms with van der Waals surface area (Å²) >= 11 is 0. The average Bonchev–Trinajstić information content (AvgIpc) is 1.48. The van der Waals surface area contributed by atoms with Gasteiger partial charge in [0.25, 0.3) is 0 Å². The van der Waals surface area contributed by atoms with Gasteiger partial charge in [0.05, 0.1) is 79.0 Å². The molecular formula is C83H49F6N7. The third kappa shape index (κ3) is 10.2. The Hall–Kier alpha value is -12.5. The minimum Gasteiger partial charge on any atom is -0.308 e. The molecule has 0 unspecified atom stereocenters. The largest absolute Gasteiger partial charge is 0.417 e. The second-order valence-corrected chi connectivity index (χ2v) is 23.4. The summed E-state index contributed by atoms with van der Waals surface area (Å²) in [4.78, 5) is 19.4. The van der Waals surface area contributed by atoms with E-state index in [0.29, 0.717) is 123 Å². The molecule has 0 atom stereocenters. The lowest BCUT2D eigenvalue weighted by Gasteiger charge is -2.26. The Bertz CT molecular complexity index is 5140. The number of fused-ring (bicyclic) bond motifs is 6. The Morgan fingerprint density at radius 3 is 0.823 bits per heavy atom. The fourth-order valence-electron chi connectivity index (χ4n) is 13.7. The van der Waals surface area contributed by atoms with Crippen LogP contribution in [-0.2, 0) is 12.4 Å². The zero-order valence-electron chi connectivity index (χ0n) is 50.7. The predicted molar refractivity (Wildman–Crippen MR) is 370 cm³/mol. The van der Waals surface area contributed by atoms with Gasteiger partial charge in [-0.25, -0.2) is 0 Å². The Balaban J connectivity index is 1.09. The first-order chi connectivity index (χ1) is 46.9. The van der Waals surface area contributed by atoms with Crippen LogP contribution in [0, 0.1) is 11.3 Å². The van der Waals surface area contributed by atoms with Crippen LogP contribution in [0.3, 0.4) is 0 Å². The lowest BCUT2D eigenvalue weighted by atomic mass is 9.89. The maximum absolute atomic E-state index is 16.6. The Morgan fingerprint density at radius 1 is 0.281 bits per heavy atom. The molecule has 16 aromatic rings. The Morgan fingerprint density at radius 2 is 0.562 bits per heavy atom. The number of halogens is 6. The standard InChI is InChI=1S/C83H49F6N7/c84-82(85,86)68-30-13-31-69(83(87,88)89)76(68)77-74(95-70-46-56(60-26-14-40-91-78(60)52-18-5-1-6-19-52)32-36-64(70)65-37-33-57(47-71(65)95)61-27-15-41-92-79(61)53-20-7-2-8-21-53)44-51(50-90)45-75(77)96-72-48-58(62-28-16-42-93-80(62)54-22-9-3-10-23-54)34-38-66(72)67-39-35-59(49-73(67)96)63-29-17-43-94-81(63)55-24-11-4-12-25-55/h1-49H. The third-order valence-electron chi connectivity index (χ3n) is 17.8. The van der Waals surface area contributed by atoms with E-state index in [-0.39, 0.29) is 16.9 Å². The van der Waals surface area contributed by atoms with Gasteiger partial charge in [0.15, 0.2) is 0 Å². The van der Waals surface area contributed by atoms with Gasteiger partial charge in [0.2, 0.25) is 0 Å². The van der Waals surface area contributed by atoms with Crippen LogP contribution in [0.1, 0.15) is 16.7 Å². The van der Waals surface area contributed by atoms with Crippen molar-refractivity contribution in [3.8, 4) is 118 Å². The minimum absolute atomic E-state index is 0.0547. The molecule has 0 aliphatic heterocycles. The zero-order chi connectivity index (χ0) is 65.2. The molecule has 96 heavy (non-hydrogen) atoms. The molecule has 13 heteroatoms. The molecule has 6 heterocycles. The number of alkyl halides is 6. The van der Waals surface area contributed by atoms with E-state index in [2.05, 4.69) is 6.07 Å². The predicted octanol–water partition coefficient (Wildman–Crippen LogP) is 22.4. The highest BCUT2D eigenvalue weighted by Gasteiger charge is 2.43. The van der Waals surface area contributed by atoms with Crippen molar-refractivity contribution in [2.24, 2.45) is 0 Å². The summed E-state index contributed by atoms with van der Waals surface area (Å²) in [5.74, 6) is 0. The van der Waals surface area contributed by atoms with Crippen LogP contribution in [0.25, 0.3) is 156 Å². The van der Waals surface area contributed by atoms with Crippen LogP contribution in [0.4, 0.5) is 26.3 Å². The first kappa shape index (κ1) is 58.5. The normalized spacial score (nSPS) is 11.8. The molecule has 0 bridgehead atoms. The highest BCUT2D eigenvalue weighted by atomic mass is 19.4. The van der Waals surface area contributed by atoms with Crippen molar-refractivity contribution in [2.45, 2.75) is 12.4 Å². The molecule has 0 aliphatic carbocycles. The first-order valence-corrected chi connectivity index (χ1v) is 30.9. The molecular weight excluding hydrogens is 1210 g/mol. The van der Waals surface area contributed by atoms with Gasteiger partial charge in [-0.1, -0.05) is 200 Å². The molecule has 16 rings (SSSR count). The highest BCUT2D eigenvalue weighted by molar-refractivity contribution is 6.15. The van der Waals surface area contributed by atoms with E-state index in [1.54, 1.807) is 33.9 Å². The monoisotopic (exact) mass is 1260 g/mol.